The van der Waals surface area contributed by atoms with E-state index in [2.05, 4.69) is 21.2 Å². The van der Waals surface area contributed by atoms with Crippen LogP contribution in [0.25, 0.3) is 0 Å². The SMILES string of the molecule is NC(=O)CC(N)C(=O)Nc1cccc(Br)c1. The van der Waals surface area contributed by atoms with Crippen LogP contribution in [0.5, 0.6) is 0 Å². The van der Waals surface area contributed by atoms with Crippen LogP contribution in [0.3, 0.4) is 0 Å². The molecule has 0 fully saturated rings. The molecule has 1 aromatic rings. The van der Waals surface area contributed by atoms with Crippen molar-refractivity contribution in [2.45, 2.75) is 12.5 Å². The van der Waals surface area contributed by atoms with Gasteiger partial charge in [0.25, 0.3) is 0 Å². The third kappa shape index (κ3) is 4.00. The summed E-state index contributed by atoms with van der Waals surface area (Å²) in [4.78, 5) is 22.1. The summed E-state index contributed by atoms with van der Waals surface area (Å²) in [5, 5.41) is 2.59. The molecule has 0 saturated carbocycles. The quantitative estimate of drug-likeness (QED) is 0.755. The fraction of sp³-hybridized carbons (Fsp3) is 0.200. The average molecular weight is 286 g/mol. The van der Waals surface area contributed by atoms with Gasteiger partial charge in [-0.25, -0.2) is 0 Å². The molecule has 1 unspecified atom stereocenters. The molecule has 1 atom stereocenters. The molecule has 2 amide bonds. The highest BCUT2D eigenvalue weighted by Gasteiger charge is 2.15. The number of nitrogens with two attached hydrogens (primary N) is 2. The van der Waals surface area contributed by atoms with E-state index in [0.29, 0.717) is 5.69 Å². The lowest BCUT2D eigenvalue weighted by Gasteiger charge is -2.10. The van der Waals surface area contributed by atoms with Gasteiger partial charge in [-0.1, -0.05) is 22.0 Å². The minimum Gasteiger partial charge on any atom is -0.370 e. The van der Waals surface area contributed by atoms with Gasteiger partial charge in [-0.3, -0.25) is 9.59 Å². The summed E-state index contributed by atoms with van der Waals surface area (Å²) >= 11 is 3.27. The van der Waals surface area contributed by atoms with Crippen LogP contribution in [0.15, 0.2) is 28.7 Å². The summed E-state index contributed by atoms with van der Waals surface area (Å²) in [6, 6.07) is 6.14. The van der Waals surface area contributed by atoms with Crippen LogP contribution in [0.2, 0.25) is 0 Å². The first-order valence-corrected chi connectivity index (χ1v) is 5.38. The number of halogens is 1. The Morgan fingerprint density at radius 3 is 2.69 bits per heavy atom. The molecule has 0 bridgehead atoms. The highest BCUT2D eigenvalue weighted by atomic mass is 79.9. The topological polar surface area (TPSA) is 98.2 Å². The third-order valence-electron chi connectivity index (χ3n) is 1.85. The molecular formula is C10H12BrN3O2. The Balaban J connectivity index is 2.60. The van der Waals surface area contributed by atoms with Gasteiger partial charge < -0.3 is 16.8 Å². The average Bonchev–Trinajstić information content (AvgIpc) is 2.16. The maximum absolute atomic E-state index is 11.5. The summed E-state index contributed by atoms with van der Waals surface area (Å²) in [5.74, 6) is -1.03. The normalized spacial score (nSPS) is 11.9. The van der Waals surface area contributed by atoms with E-state index in [1.807, 2.05) is 6.07 Å². The number of hydrogen-bond acceptors (Lipinski definition) is 3. The van der Waals surface area contributed by atoms with Crippen molar-refractivity contribution in [3.63, 3.8) is 0 Å². The lowest BCUT2D eigenvalue weighted by Crippen LogP contribution is -2.38. The molecule has 5 nitrogen and oxygen atoms in total. The summed E-state index contributed by atoms with van der Waals surface area (Å²) in [6.07, 6.45) is -0.167. The van der Waals surface area contributed by atoms with Crippen LogP contribution < -0.4 is 16.8 Å². The smallest absolute Gasteiger partial charge is 0.241 e. The lowest BCUT2D eigenvalue weighted by atomic mass is 10.2. The molecule has 0 aromatic heterocycles. The Kier molecular flexibility index (Phi) is 4.45. The largest absolute Gasteiger partial charge is 0.370 e. The zero-order valence-electron chi connectivity index (χ0n) is 8.44. The molecule has 86 valence electrons. The summed E-state index contributed by atoms with van der Waals surface area (Å²) in [6.45, 7) is 0. The molecular weight excluding hydrogens is 274 g/mol. The van der Waals surface area contributed by atoms with Crippen molar-refractivity contribution in [2.24, 2.45) is 11.5 Å². The highest BCUT2D eigenvalue weighted by Crippen LogP contribution is 2.15. The Morgan fingerprint density at radius 1 is 1.44 bits per heavy atom. The van der Waals surface area contributed by atoms with Crippen molar-refractivity contribution in [2.75, 3.05) is 5.32 Å². The van der Waals surface area contributed by atoms with E-state index in [1.165, 1.54) is 0 Å². The molecule has 0 heterocycles. The Morgan fingerprint density at radius 2 is 2.12 bits per heavy atom. The minimum atomic E-state index is -0.920. The number of carbonyl (C=O) groups is 2. The van der Waals surface area contributed by atoms with Crippen molar-refractivity contribution in [3.8, 4) is 0 Å². The number of nitrogens with one attached hydrogen (secondary N) is 1. The maximum Gasteiger partial charge on any atom is 0.241 e. The second kappa shape index (κ2) is 5.62. The molecule has 5 N–H and O–H groups in total. The second-order valence-electron chi connectivity index (χ2n) is 3.28. The van der Waals surface area contributed by atoms with Crippen LogP contribution in [0, 0.1) is 0 Å². The molecule has 16 heavy (non-hydrogen) atoms. The predicted octanol–water partition coefficient (Wildman–Crippen LogP) is 0.590. The fourth-order valence-electron chi connectivity index (χ4n) is 1.11. The zero-order valence-corrected chi connectivity index (χ0v) is 10.0. The van der Waals surface area contributed by atoms with E-state index in [0.717, 1.165) is 4.47 Å². The van der Waals surface area contributed by atoms with Gasteiger partial charge in [0.1, 0.15) is 0 Å². The molecule has 1 aromatic carbocycles. The van der Waals surface area contributed by atoms with Crippen LogP contribution in [-0.2, 0) is 9.59 Å². The first-order valence-electron chi connectivity index (χ1n) is 4.59. The van der Waals surface area contributed by atoms with Gasteiger partial charge in [-0.05, 0) is 18.2 Å². The van der Waals surface area contributed by atoms with E-state index >= 15 is 0 Å². The number of primary amides is 1. The van der Waals surface area contributed by atoms with Gasteiger partial charge in [-0.15, -0.1) is 0 Å². The Labute approximate surface area is 101 Å². The summed E-state index contributed by atoms with van der Waals surface area (Å²) in [5.41, 5.74) is 11.0. The molecule has 0 aliphatic carbocycles. The maximum atomic E-state index is 11.5. The first kappa shape index (κ1) is 12.7. The molecule has 0 spiro atoms. The summed E-state index contributed by atoms with van der Waals surface area (Å²) in [7, 11) is 0. The number of amides is 2. The van der Waals surface area contributed by atoms with E-state index in [9.17, 15) is 9.59 Å². The van der Waals surface area contributed by atoms with Gasteiger partial charge in [-0.2, -0.15) is 0 Å². The van der Waals surface area contributed by atoms with Gasteiger partial charge in [0.05, 0.1) is 12.5 Å². The van der Waals surface area contributed by atoms with E-state index in [4.69, 9.17) is 11.5 Å². The van der Waals surface area contributed by atoms with E-state index in [1.54, 1.807) is 18.2 Å². The minimum absolute atomic E-state index is 0.167. The molecule has 0 saturated heterocycles. The van der Waals surface area contributed by atoms with Crippen LogP contribution in [0.1, 0.15) is 6.42 Å². The molecule has 6 heteroatoms. The Bertz CT molecular complexity index is 409. The first-order chi connectivity index (χ1) is 7.49. The van der Waals surface area contributed by atoms with Crippen LogP contribution in [-0.4, -0.2) is 17.9 Å². The summed E-state index contributed by atoms with van der Waals surface area (Å²) < 4.78 is 0.841. The highest BCUT2D eigenvalue weighted by molar-refractivity contribution is 9.10. The van der Waals surface area contributed by atoms with Crippen LogP contribution in [0.4, 0.5) is 5.69 Å². The monoisotopic (exact) mass is 285 g/mol. The van der Waals surface area contributed by atoms with E-state index < -0.39 is 17.9 Å². The van der Waals surface area contributed by atoms with Gasteiger partial charge in [0.2, 0.25) is 11.8 Å². The Hall–Kier alpha value is -1.40. The van der Waals surface area contributed by atoms with Gasteiger partial charge in [0.15, 0.2) is 0 Å². The van der Waals surface area contributed by atoms with Gasteiger partial charge >= 0.3 is 0 Å². The van der Waals surface area contributed by atoms with Crippen LogP contribution >= 0.6 is 15.9 Å². The zero-order chi connectivity index (χ0) is 12.1. The van der Waals surface area contributed by atoms with Crippen molar-refractivity contribution >= 4 is 33.4 Å². The predicted molar refractivity (Wildman–Crippen MR) is 64.6 cm³/mol. The third-order valence-corrected chi connectivity index (χ3v) is 2.34. The van der Waals surface area contributed by atoms with E-state index in [-0.39, 0.29) is 6.42 Å². The fourth-order valence-corrected chi connectivity index (χ4v) is 1.51. The number of anilines is 1. The molecule has 0 aliphatic rings. The number of carbonyl (C=O) groups excluding carboxylic acids is 2. The van der Waals surface area contributed by atoms with Crippen molar-refractivity contribution in [3.05, 3.63) is 28.7 Å². The lowest BCUT2D eigenvalue weighted by molar-refractivity contribution is -0.123. The standard InChI is InChI=1S/C10H12BrN3O2/c11-6-2-1-3-7(4-6)14-10(16)8(12)5-9(13)15/h1-4,8H,5,12H2,(H2,13,15)(H,14,16). The number of hydrogen-bond donors (Lipinski definition) is 3. The number of benzene rings is 1. The van der Waals surface area contributed by atoms with Crippen molar-refractivity contribution in [1.29, 1.82) is 0 Å². The molecule has 1 rings (SSSR count). The van der Waals surface area contributed by atoms with Crippen molar-refractivity contribution < 1.29 is 9.59 Å². The molecule has 0 radical (unpaired) electrons. The number of rotatable bonds is 4. The van der Waals surface area contributed by atoms with Crippen molar-refractivity contribution in [1.82, 2.24) is 0 Å². The molecule has 0 aliphatic heterocycles. The van der Waals surface area contributed by atoms with Gasteiger partial charge in [0, 0.05) is 10.2 Å². The second-order valence-corrected chi connectivity index (χ2v) is 4.19.